The molecule has 0 spiro atoms. The lowest BCUT2D eigenvalue weighted by atomic mass is 9.70. The number of imide groups is 1. The molecule has 0 N–H and O–H groups in total. The number of carbonyl (C=O) groups is 3. The Morgan fingerprint density at radius 2 is 1.70 bits per heavy atom. The van der Waals surface area contributed by atoms with E-state index in [1.165, 1.54) is 30.6 Å². The van der Waals surface area contributed by atoms with Gasteiger partial charge in [-0.15, -0.1) is 0 Å². The minimum atomic E-state index is -0.705. The number of nitrogens with zero attached hydrogens (tertiary/aromatic N) is 1. The molecule has 1 aromatic rings. The molecule has 2 amide bonds. The van der Waals surface area contributed by atoms with Crippen LogP contribution in [0.25, 0.3) is 0 Å². The molecule has 1 saturated heterocycles. The molecule has 1 fully saturated rings. The molecule has 1 aromatic carbocycles. The molecule has 1 unspecified atom stereocenters. The number of rotatable bonds is 12. The Balaban J connectivity index is 2.02. The maximum atomic E-state index is 13.0. The molecule has 27 heavy (non-hydrogen) atoms. The van der Waals surface area contributed by atoms with Gasteiger partial charge in [0.25, 0.3) is 0 Å². The molecule has 148 valence electrons. The van der Waals surface area contributed by atoms with Crippen LogP contribution in [0.2, 0.25) is 0 Å². The molecule has 1 aliphatic rings. The summed E-state index contributed by atoms with van der Waals surface area (Å²) in [4.78, 5) is 38.9. The number of likely N-dealkylation sites (tertiary alicyclic amines) is 1. The normalized spacial score (nSPS) is 19.3. The van der Waals surface area contributed by atoms with Crippen molar-refractivity contribution in [3.8, 4) is 0 Å². The largest absolute Gasteiger partial charge is 0.303 e. The van der Waals surface area contributed by atoms with E-state index in [-0.39, 0.29) is 18.2 Å². The summed E-state index contributed by atoms with van der Waals surface area (Å²) < 4.78 is 0. The highest BCUT2D eigenvalue weighted by molar-refractivity contribution is 6.05. The molecule has 1 heterocycles. The van der Waals surface area contributed by atoms with Gasteiger partial charge in [-0.05, 0) is 18.4 Å². The molecule has 0 aliphatic carbocycles. The summed E-state index contributed by atoms with van der Waals surface area (Å²) in [5.74, 6) is -0.841. The lowest BCUT2D eigenvalue weighted by Crippen LogP contribution is -2.38. The average molecular weight is 372 g/mol. The molecule has 0 bridgehead atoms. The van der Waals surface area contributed by atoms with Crippen molar-refractivity contribution in [3.63, 3.8) is 0 Å². The summed E-state index contributed by atoms with van der Waals surface area (Å²) in [7, 11) is 0. The standard InChI is InChI=1S/C23H33NO3/c1-3-5-6-7-8-12-15-23(4-2,18-25)20-16-21(26)24(22(20)27)17-19-13-10-9-11-14-19/h9-11,13-14,18,20H,3-8,12,15-17H2,1-2H3/t20-,23?/m0/s1. The predicted octanol–water partition coefficient (Wildman–Crippen LogP) is 4.91. The third-order valence-electron chi connectivity index (χ3n) is 6.01. The molecule has 1 aliphatic heterocycles. The zero-order chi connectivity index (χ0) is 19.7. The molecule has 2 atom stereocenters. The van der Waals surface area contributed by atoms with Gasteiger partial charge >= 0.3 is 0 Å². The van der Waals surface area contributed by atoms with E-state index in [9.17, 15) is 14.4 Å². The van der Waals surface area contributed by atoms with E-state index in [4.69, 9.17) is 0 Å². The zero-order valence-electron chi connectivity index (χ0n) is 16.8. The van der Waals surface area contributed by atoms with Gasteiger partial charge in [0, 0.05) is 11.8 Å². The molecule has 0 saturated carbocycles. The quantitative estimate of drug-likeness (QED) is 0.298. The predicted molar refractivity (Wildman–Crippen MR) is 107 cm³/mol. The Labute approximate surface area is 163 Å². The van der Waals surface area contributed by atoms with E-state index in [0.29, 0.717) is 19.4 Å². The molecular formula is C23H33NO3. The smallest absolute Gasteiger partial charge is 0.234 e. The van der Waals surface area contributed by atoms with Crippen LogP contribution < -0.4 is 0 Å². The van der Waals surface area contributed by atoms with E-state index < -0.39 is 11.3 Å². The number of aldehydes is 1. The minimum Gasteiger partial charge on any atom is -0.303 e. The van der Waals surface area contributed by atoms with Crippen molar-refractivity contribution in [1.82, 2.24) is 4.90 Å². The Bertz CT molecular complexity index is 628. The maximum absolute atomic E-state index is 13.0. The third-order valence-corrected chi connectivity index (χ3v) is 6.01. The van der Waals surface area contributed by atoms with Gasteiger partial charge in [-0.1, -0.05) is 82.7 Å². The first-order valence-electron chi connectivity index (χ1n) is 10.4. The molecule has 4 heteroatoms. The topological polar surface area (TPSA) is 54.5 Å². The molecule has 0 aromatic heterocycles. The second kappa shape index (κ2) is 10.4. The van der Waals surface area contributed by atoms with Crippen LogP contribution in [0, 0.1) is 11.3 Å². The fourth-order valence-corrected chi connectivity index (χ4v) is 4.12. The number of benzene rings is 1. The number of amides is 2. The molecule has 2 rings (SSSR count). The van der Waals surface area contributed by atoms with Crippen LogP contribution in [-0.2, 0) is 20.9 Å². The van der Waals surface area contributed by atoms with Crippen molar-refractivity contribution < 1.29 is 14.4 Å². The van der Waals surface area contributed by atoms with Crippen LogP contribution >= 0.6 is 0 Å². The Morgan fingerprint density at radius 3 is 2.33 bits per heavy atom. The number of carbonyl (C=O) groups excluding carboxylic acids is 3. The second-order valence-corrected chi connectivity index (χ2v) is 7.78. The lowest BCUT2D eigenvalue weighted by molar-refractivity contribution is -0.143. The first-order valence-corrected chi connectivity index (χ1v) is 10.4. The number of hydrogen-bond acceptors (Lipinski definition) is 3. The summed E-state index contributed by atoms with van der Waals surface area (Å²) in [6, 6.07) is 9.54. The number of unbranched alkanes of at least 4 members (excludes halogenated alkanes) is 5. The fourth-order valence-electron chi connectivity index (χ4n) is 4.12. The van der Waals surface area contributed by atoms with Crippen molar-refractivity contribution in [2.75, 3.05) is 0 Å². The van der Waals surface area contributed by atoms with Gasteiger partial charge in [-0.3, -0.25) is 14.5 Å². The van der Waals surface area contributed by atoms with Gasteiger partial charge in [0.05, 0.1) is 12.5 Å². The second-order valence-electron chi connectivity index (χ2n) is 7.78. The summed E-state index contributed by atoms with van der Waals surface area (Å²) >= 11 is 0. The van der Waals surface area contributed by atoms with Gasteiger partial charge in [-0.25, -0.2) is 0 Å². The van der Waals surface area contributed by atoms with Gasteiger partial charge in [-0.2, -0.15) is 0 Å². The van der Waals surface area contributed by atoms with Crippen LogP contribution in [0.4, 0.5) is 0 Å². The average Bonchev–Trinajstić information content (AvgIpc) is 2.97. The Morgan fingerprint density at radius 1 is 1.04 bits per heavy atom. The molecule has 0 radical (unpaired) electrons. The van der Waals surface area contributed by atoms with Gasteiger partial charge < -0.3 is 4.79 Å². The van der Waals surface area contributed by atoms with Crippen molar-refractivity contribution in [3.05, 3.63) is 35.9 Å². The zero-order valence-corrected chi connectivity index (χ0v) is 16.8. The monoisotopic (exact) mass is 371 g/mol. The van der Waals surface area contributed by atoms with E-state index in [0.717, 1.165) is 24.7 Å². The maximum Gasteiger partial charge on any atom is 0.234 e. The van der Waals surface area contributed by atoms with Crippen LogP contribution in [0.3, 0.4) is 0 Å². The van der Waals surface area contributed by atoms with E-state index in [2.05, 4.69) is 6.92 Å². The molecule has 4 nitrogen and oxygen atoms in total. The Kier molecular flexibility index (Phi) is 8.21. The third kappa shape index (κ3) is 5.27. The van der Waals surface area contributed by atoms with Crippen molar-refractivity contribution in [2.45, 2.75) is 78.2 Å². The lowest BCUT2D eigenvalue weighted by Gasteiger charge is -2.31. The van der Waals surface area contributed by atoms with Crippen LogP contribution in [0.15, 0.2) is 30.3 Å². The first kappa shape index (κ1) is 21.3. The highest BCUT2D eigenvalue weighted by Gasteiger charge is 2.49. The highest BCUT2D eigenvalue weighted by atomic mass is 16.2. The van der Waals surface area contributed by atoms with Crippen molar-refractivity contribution in [1.29, 1.82) is 0 Å². The van der Waals surface area contributed by atoms with Gasteiger partial charge in [0.1, 0.15) is 6.29 Å². The van der Waals surface area contributed by atoms with Crippen LogP contribution in [0.1, 0.15) is 77.2 Å². The first-order chi connectivity index (χ1) is 13.1. The summed E-state index contributed by atoms with van der Waals surface area (Å²) in [6.07, 6.45) is 9.29. The summed E-state index contributed by atoms with van der Waals surface area (Å²) in [6.45, 7) is 4.45. The Hall–Kier alpha value is -1.97. The van der Waals surface area contributed by atoms with Gasteiger partial charge in [0.2, 0.25) is 11.8 Å². The van der Waals surface area contributed by atoms with Crippen molar-refractivity contribution in [2.24, 2.45) is 11.3 Å². The van der Waals surface area contributed by atoms with E-state index in [1.54, 1.807) is 0 Å². The SMILES string of the molecule is CCCCCCCCC(C=O)(CC)[C@H]1CC(=O)N(Cc2ccccc2)C1=O. The highest BCUT2D eigenvalue weighted by Crippen LogP contribution is 2.42. The summed E-state index contributed by atoms with van der Waals surface area (Å²) in [5, 5.41) is 0. The molecular weight excluding hydrogens is 338 g/mol. The van der Waals surface area contributed by atoms with Crippen LogP contribution in [-0.4, -0.2) is 23.0 Å². The van der Waals surface area contributed by atoms with Gasteiger partial charge in [0.15, 0.2) is 0 Å². The van der Waals surface area contributed by atoms with E-state index >= 15 is 0 Å². The fraction of sp³-hybridized carbons (Fsp3) is 0.609. The number of hydrogen-bond donors (Lipinski definition) is 0. The van der Waals surface area contributed by atoms with Crippen LogP contribution in [0.5, 0.6) is 0 Å². The van der Waals surface area contributed by atoms with Crippen molar-refractivity contribution >= 4 is 18.1 Å². The van der Waals surface area contributed by atoms with E-state index in [1.807, 2.05) is 37.3 Å². The minimum absolute atomic E-state index is 0.156. The summed E-state index contributed by atoms with van der Waals surface area (Å²) in [5.41, 5.74) is 0.229.